The molecular weight excluding hydrogens is 418 g/mol. The molecule has 31 heavy (non-hydrogen) atoms. The number of carbonyl (C=O) groups is 1. The maximum Gasteiger partial charge on any atom is 0.320 e. The lowest BCUT2D eigenvalue weighted by molar-refractivity contribution is -0.138. The third-order valence-electron chi connectivity index (χ3n) is 4.73. The van der Waals surface area contributed by atoms with Crippen molar-refractivity contribution in [2.45, 2.75) is 12.5 Å². The van der Waals surface area contributed by atoms with Gasteiger partial charge in [-0.3, -0.25) is 4.79 Å². The number of halogens is 1. The molecule has 0 aliphatic carbocycles. The number of rotatable bonds is 6. The Morgan fingerprint density at radius 2 is 1.23 bits per heavy atom. The number of nitrogens with two attached hydrogens (primary N) is 1. The molecule has 1 heterocycles. The lowest BCUT2D eigenvalue weighted by Crippen LogP contribution is -2.32. The normalized spacial score (nSPS) is 11.5. The largest absolute Gasteiger partial charge is 0.508 e. The number of benzene rings is 3. The number of aliphatic carboxylic acids is 1. The molecule has 0 aliphatic heterocycles. The molecule has 4 N–H and O–H groups in total. The molecule has 0 spiro atoms. The molecule has 0 saturated carbocycles. The molecule has 0 bridgehead atoms. The number of hydrogen-bond acceptors (Lipinski definition) is 6. The first-order valence-electron chi connectivity index (χ1n) is 9.30. The second-order valence-electron chi connectivity index (χ2n) is 6.88. The van der Waals surface area contributed by atoms with Crippen molar-refractivity contribution in [2.75, 3.05) is 0 Å². The number of aromatic hydroxyl groups is 1. The lowest BCUT2D eigenvalue weighted by Gasteiger charge is -2.06. The van der Waals surface area contributed by atoms with Crippen LogP contribution in [0.5, 0.6) is 5.75 Å². The molecule has 4 aromatic rings. The number of phenolic OH excluding ortho intramolecular Hbond substituents is 1. The van der Waals surface area contributed by atoms with Crippen LogP contribution in [0.15, 0.2) is 77.2 Å². The van der Waals surface area contributed by atoms with Crippen molar-refractivity contribution < 1.29 is 19.4 Å². The van der Waals surface area contributed by atoms with Crippen LogP contribution in [0.4, 0.5) is 0 Å². The van der Waals surface area contributed by atoms with E-state index in [1.54, 1.807) is 36.4 Å². The summed E-state index contributed by atoms with van der Waals surface area (Å²) in [4.78, 5) is 10.9. The summed E-state index contributed by atoms with van der Waals surface area (Å²) in [5.74, 6) is -0.0236. The third-order valence-corrected chi connectivity index (χ3v) is 4.73. The first kappa shape index (κ1) is 22.0. The molecule has 4 rings (SSSR count). The van der Waals surface area contributed by atoms with E-state index in [0.29, 0.717) is 11.8 Å². The van der Waals surface area contributed by atoms with Gasteiger partial charge >= 0.3 is 5.97 Å². The van der Waals surface area contributed by atoms with Gasteiger partial charge in [-0.05, 0) is 59.5 Å². The highest BCUT2D eigenvalue weighted by atomic mass is 35.5. The van der Waals surface area contributed by atoms with Crippen LogP contribution >= 0.6 is 12.4 Å². The van der Waals surface area contributed by atoms with E-state index in [1.807, 2.05) is 36.4 Å². The Kier molecular flexibility index (Phi) is 6.69. The predicted octanol–water partition coefficient (Wildman–Crippen LogP) is 4.15. The van der Waals surface area contributed by atoms with Gasteiger partial charge in [0.25, 0.3) is 0 Å². The van der Waals surface area contributed by atoms with Crippen molar-refractivity contribution in [3.05, 3.63) is 78.4 Å². The van der Waals surface area contributed by atoms with Crippen molar-refractivity contribution in [2.24, 2.45) is 5.73 Å². The van der Waals surface area contributed by atoms with Gasteiger partial charge in [0, 0.05) is 11.1 Å². The molecule has 8 heteroatoms. The van der Waals surface area contributed by atoms with Crippen LogP contribution < -0.4 is 5.73 Å². The Balaban J connectivity index is 0.00000272. The number of hydrogen-bond donors (Lipinski definition) is 3. The zero-order chi connectivity index (χ0) is 21.1. The molecule has 158 valence electrons. The fraction of sp³-hybridized carbons (Fsp3) is 0.0870. The highest BCUT2D eigenvalue weighted by Crippen LogP contribution is 2.27. The van der Waals surface area contributed by atoms with Crippen LogP contribution in [-0.4, -0.2) is 32.4 Å². The average Bonchev–Trinajstić information content (AvgIpc) is 3.25. The third kappa shape index (κ3) is 5.09. The molecule has 7 nitrogen and oxygen atoms in total. The van der Waals surface area contributed by atoms with Crippen molar-refractivity contribution in [3.63, 3.8) is 0 Å². The Hall–Kier alpha value is -3.68. The van der Waals surface area contributed by atoms with Gasteiger partial charge in [-0.2, -0.15) is 0 Å². The van der Waals surface area contributed by atoms with Gasteiger partial charge in [0.1, 0.15) is 11.8 Å². The highest BCUT2D eigenvalue weighted by molar-refractivity contribution is 5.85. The summed E-state index contributed by atoms with van der Waals surface area (Å²) in [5, 5.41) is 26.6. The van der Waals surface area contributed by atoms with E-state index in [2.05, 4.69) is 10.2 Å². The van der Waals surface area contributed by atoms with E-state index in [4.69, 9.17) is 15.3 Å². The van der Waals surface area contributed by atoms with Crippen LogP contribution in [0.25, 0.3) is 34.0 Å². The zero-order valence-electron chi connectivity index (χ0n) is 16.3. The van der Waals surface area contributed by atoms with Gasteiger partial charge in [-0.25, -0.2) is 0 Å². The minimum Gasteiger partial charge on any atom is -0.508 e. The molecule has 3 aromatic carbocycles. The number of phenols is 1. The van der Waals surface area contributed by atoms with E-state index < -0.39 is 12.0 Å². The van der Waals surface area contributed by atoms with Crippen LogP contribution in [0.3, 0.4) is 0 Å². The van der Waals surface area contributed by atoms with Crippen molar-refractivity contribution >= 4 is 18.4 Å². The smallest absolute Gasteiger partial charge is 0.320 e. The molecule has 1 aromatic heterocycles. The number of carboxylic acid groups (broad SMARTS) is 1. The first-order chi connectivity index (χ1) is 14.5. The summed E-state index contributed by atoms with van der Waals surface area (Å²) in [7, 11) is 0. The van der Waals surface area contributed by atoms with E-state index in [-0.39, 0.29) is 24.6 Å². The van der Waals surface area contributed by atoms with Gasteiger partial charge in [-0.1, -0.05) is 36.4 Å². The Bertz CT molecular complexity index is 1160. The monoisotopic (exact) mass is 437 g/mol. The Morgan fingerprint density at radius 1 is 0.806 bits per heavy atom. The van der Waals surface area contributed by atoms with Gasteiger partial charge in [-0.15, -0.1) is 22.6 Å². The molecule has 0 radical (unpaired) electrons. The van der Waals surface area contributed by atoms with Gasteiger partial charge in [0.05, 0.1) is 0 Å². The fourth-order valence-corrected chi connectivity index (χ4v) is 3.04. The second-order valence-corrected chi connectivity index (χ2v) is 6.88. The summed E-state index contributed by atoms with van der Waals surface area (Å²) in [6, 6.07) is 21.0. The highest BCUT2D eigenvalue weighted by Gasteiger charge is 2.14. The molecule has 0 unspecified atom stereocenters. The quantitative estimate of drug-likeness (QED) is 0.414. The van der Waals surface area contributed by atoms with Gasteiger partial charge in [0.15, 0.2) is 0 Å². The second kappa shape index (κ2) is 9.42. The molecule has 1 atom stereocenters. The maximum atomic E-state index is 10.9. The Labute approximate surface area is 184 Å². The number of aromatic nitrogens is 2. The Morgan fingerprint density at radius 3 is 1.71 bits per heavy atom. The number of carboxylic acids is 1. The summed E-state index contributed by atoms with van der Waals surface area (Å²) in [5.41, 5.74) is 9.92. The lowest BCUT2D eigenvalue weighted by atomic mass is 10.0. The van der Waals surface area contributed by atoms with E-state index >= 15 is 0 Å². The molecule has 0 aliphatic rings. The molecule has 0 amide bonds. The van der Waals surface area contributed by atoms with Crippen molar-refractivity contribution in [3.8, 4) is 39.8 Å². The summed E-state index contributed by atoms with van der Waals surface area (Å²) in [6.45, 7) is 0. The van der Waals surface area contributed by atoms with E-state index in [9.17, 15) is 9.90 Å². The van der Waals surface area contributed by atoms with E-state index in [1.165, 1.54) is 0 Å². The zero-order valence-corrected chi connectivity index (χ0v) is 17.1. The fourth-order valence-electron chi connectivity index (χ4n) is 3.04. The topological polar surface area (TPSA) is 122 Å². The molecule has 0 saturated heterocycles. The predicted molar refractivity (Wildman–Crippen MR) is 119 cm³/mol. The van der Waals surface area contributed by atoms with Gasteiger partial charge in [0.2, 0.25) is 11.8 Å². The standard InChI is InChI=1S/C23H19N3O4.ClH/c24-20(23(28)29)13-14-1-3-17(4-2-14)21-25-26-22(30-21)18-7-5-15(6-8-18)16-9-11-19(27)12-10-16;/h1-12,20,27H,13,24H2,(H,28,29);1H/t20-;/m0./s1. The van der Waals surface area contributed by atoms with E-state index in [0.717, 1.165) is 27.8 Å². The van der Waals surface area contributed by atoms with Crippen LogP contribution in [0, 0.1) is 0 Å². The number of nitrogens with zero attached hydrogens (tertiary/aromatic N) is 2. The van der Waals surface area contributed by atoms with Crippen molar-refractivity contribution in [1.29, 1.82) is 0 Å². The summed E-state index contributed by atoms with van der Waals surface area (Å²) < 4.78 is 5.80. The average molecular weight is 438 g/mol. The SMILES string of the molecule is Cl.N[C@@H](Cc1ccc(-c2nnc(-c3ccc(-c4ccc(O)cc4)cc3)o2)cc1)C(=O)O. The van der Waals surface area contributed by atoms with Crippen LogP contribution in [0.1, 0.15) is 5.56 Å². The molecule has 0 fully saturated rings. The minimum atomic E-state index is -1.03. The van der Waals surface area contributed by atoms with Crippen molar-refractivity contribution in [1.82, 2.24) is 10.2 Å². The molecular formula is C23H20ClN3O4. The first-order valence-corrected chi connectivity index (χ1v) is 9.30. The maximum absolute atomic E-state index is 10.9. The van der Waals surface area contributed by atoms with Gasteiger partial charge < -0.3 is 20.4 Å². The summed E-state index contributed by atoms with van der Waals surface area (Å²) in [6.07, 6.45) is 0.248. The van der Waals surface area contributed by atoms with Crippen LogP contribution in [0.2, 0.25) is 0 Å². The summed E-state index contributed by atoms with van der Waals surface area (Å²) >= 11 is 0. The van der Waals surface area contributed by atoms with Crippen LogP contribution in [-0.2, 0) is 11.2 Å². The minimum absolute atomic E-state index is 0.